The average molecular weight is 209 g/mol. The van der Waals surface area contributed by atoms with Crippen molar-refractivity contribution in [3.63, 3.8) is 0 Å². The number of nitrogens with zero attached hydrogens (tertiary/aromatic N) is 2. The van der Waals surface area contributed by atoms with E-state index in [2.05, 4.69) is 5.43 Å². The third-order valence-corrected chi connectivity index (χ3v) is 2.05. The van der Waals surface area contributed by atoms with E-state index in [0.29, 0.717) is 5.56 Å². The van der Waals surface area contributed by atoms with E-state index >= 15 is 0 Å². The van der Waals surface area contributed by atoms with Crippen molar-refractivity contribution < 1.29 is 4.92 Å². The Kier molecular flexibility index (Phi) is 3.76. The molecule has 0 bridgehead atoms. The Morgan fingerprint density at radius 1 is 1.40 bits per heavy atom. The van der Waals surface area contributed by atoms with Gasteiger partial charge in [0.25, 0.3) is 5.69 Å². The van der Waals surface area contributed by atoms with Crippen LogP contribution in [0.15, 0.2) is 24.3 Å². The van der Waals surface area contributed by atoms with Crippen LogP contribution >= 0.6 is 0 Å². The first-order valence-electron chi connectivity index (χ1n) is 4.69. The fourth-order valence-electron chi connectivity index (χ4n) is 1.48. The van der Waals surface area contributed by atoms with Crippen molar-refractivity contribution >= 4 is 5.69 Å². The zero-order chi connectivity index (χ0) is 11.4. The van der Waals surface area contributed by atoms with Crippen LogP contribution in [0, 0.1) is 10.1 Å². The van der Waals surface area contributed by atoms with Crippen LogP contribution in [0.3, 0.4) is 0 Å². The molecular weight excluding hydrogens is 194 g/mol. The van der Waals surface area contributed by atoms with Crippen LogP contribution < -0.4 is 5.43 Å². The fraction of sp³-hybridized carbons (Fsp3) is 0.400. The number of hydrogen-bond donors (Lipinski definition) is 1. The molecule has 82 valence electrons. The highest BCUT2D eigenvalue weighted by Crippen LogP contribution is 2.24. The number of hydrazine groups is 1. The number of nitro groups is 1. The number of para-hydroxylation sites is 1. The first-order valence-corrected chi connectivity index (χ1v) is 4.69. The van der Waals surface area contributed by atoms with Crippen molar-refractivity contribution in [3.05, 3.63) is 39.9 Å². The van der Waals surface area contributed by atoms with Crippen molar-refractivity contribution in [1.82, 2.24) is 10.4 Å². The molecule has 0 aliphatic rings. The summed E-state index contributed by atoms with van der Waals surface area (Å²) in [4.78, 5) is 10.4. The molecule has 0 radical (unpaired) electrons. The summed E-state index contributed by atoms with van der Waals surface area (Å²) in [5, 5.41) is 12.6. The maximum absolute atomic E-state index is 10.8. The Morgan fingerprint density at radius 2 is 2.00 bits per heavy atom. The third kappa shape index (κ3) is 3.00. The number of rotatable bonds is 4. The lowest BCUT2D eigenvalue weighted by Gasteiger charge is -2.19. The lowest BCUT2D eigenvalue weighted by atomic mass is 10.1. The van der Waals surface area contributed by atoms with E-state index in [1.54, 1.807) is 23.2 Å². The molecule has 1 rings (SSSR count). The minimum absolute atomic E-state index is 0.0819. The maximum atomic E-state index is 10.8. The highest BCUT2D eigenvalue weighted by Gasteiger charge is 2.17. The Hall–Kier alpha value is -1.46. The summed E-state index contributed by atoms with van der Waals surface area (Å²) in [5.74, 6) is 0. The molecule has 1 aromatic carbocycles. The third-order valence-electron chi connectivity index (χ3n) is 2.05. The molecule has 0 saturated heterocycles. The fourth-order valence-corrected chi connectivity index (χ4v) is 1.48. The second-order valence-electron chi connectivity index (χ2n) is 3.56. The summed E-state index contributed by atoms with van der Waals surface area (Å²) in [6.45, 7) is 1.89. The van der Waals surface area contributed by atoms with Gasteiger partial charge in [0.05, 0.1) is 11.0 Å². The summed E-state index contributed by atoms with van der Waals surface area (Å²) in [5.41, 5.74) is 3.93. The summed E-state index contributed by atoms with van der Waals surface area (Å²) in [7, 11) is 3.70. The molecule has 15 heavy (non-hydrogen) atoms. The lowest BCUT2D eigenvalue weighted by Crippen LogP contribution is -2.33. The molecule has 0 aromatic heterocycles. The van der Waals surface area contributed by atoms with Crippen molar-refractivity contribution in [1.29, 1.82) is 0 Å². The van der Waals surface area contributed by atoms with E-state index in [1.807, 2.05) is 21.0 Å². The minimum Gasteiger partial charge on any atom is -0.258 e. The summed E-state index contributed by atoms with van der Waals surface area (Å²) < 4.78 is 0. The Morgan fingerprint density at radius 3 is 2.53 bits per heavy atom. The SMILES string of the molecule is CC(NN(C)C)c1ccccc1[N+](=O)[O-]. The molecule has 1 unspecified atom stereocenters. The Balaban J connectivity index is 2.97. The topological polar surface area (TPSA) is 58.4 Å². The van der Waals surface area contributed by atoms with Gasteiger partial charge in [-0.15, -0.1) is 0 Å². The highest BCUT2D eigenvalue weighted by molar-refractivity contribution is 5.41. The van der Waals surface area contributed by atoms with Crippen LogP contribution in [0.2, 0.25) is 0 Å². The molecule has 0 aliphatic carbocycles. The molecule has 5 heteroatoms. The number of nitro benzene ring substituents is 1. The average Bonchev–Trinajstić information content (AvgIpc) is 2.16. The van der Waals surface area contributed by atoms with Gasteiger partial charge in [0, 0.05) is 25.7 Å². The van der Waals surface area contributed by atoms with E-state index in [9.17, 15) is 10.1 Å². The van der Waals surface area contributed by atoms with Crippen molar-refractivity contribution in [3.8, 4) is 0 Å². The molecule has 0 saturated carbocycles. The van der Waals surface area contributed by atoms with Crippen LogP contribution in [0.5, 0.6) is 0 Å². The van der Waals surface area contributed by atoms with Gasteiger partial charge in [-0.3, -0.25) is 15.1 Å². The molecule has 0 heterocycles. The van der Waals surface area contributed by atoms with Crippen molar-refractivity contribution in [2.24, 2.45) is 0 Å². The van der Waals surface area contributed by atoms with Gasteiger partial charge in [-0.25, -0.2) is 5.43 Å². The Labute approximate surface area is 88.8 Å². The minimum atomic E-state index is -0.358. The number of nitrogens with one attached hydrogen (secondary N) is 1. The van der Waals surface area contributed by atoms with Gasteiger partial charge < -0.3 is 0 Å². The Bertz CT molecular complexity index is 352. The van der Waals surface area contributed by atoms with Crippen LogP contribution in [-0.2, 0) is 0 Å². The van der Waals surface area contributed by atoms with Crippen LogP contribution in [0.25, 0.3) is 0 Å². The van der Waals surface area contributed by atoms with Gasteiger partial charge in [-0.1, -0.05) is 18.2 Å². The van der Waals surface area contributed by atoms with Gasteiger partial charge in [0.2, 0.25) is 0 Å². The largest absolute Gasteiger partial charge is 0.274 e. The summed E-state index contributed by atoms with van der Waals surface area (Å²) in [6.07, 6.45) is 0. The second-order valence-corrected chi connectivity index (χ2v) is 3.56. The first-order chi connectivity index (χ1) is 7.02. The molecule has 0 spiro atoms. The number of benzene rings is 1. The predicted octanol–water partition coefficient (Wildman–Crippen LogP) is 1.72. The first kappa shape index (κ1) is 11.6. The van der Waals surface area contributed by atoms with Gasteiger partial charge in [-0.05, 0) is 6.92 Å². The molecular formula is C10H15N3O2. The normalized spacial score (nSPS) is 12.8. The molecule has 1 aromatic rings. The summed E-state index contributed by atoms with van der Waals surface area (Å²) >= 11 is 0. The number of hydrogen-bond acceptors (Lipinski definition) is 4. The van der Waals surface area contributed by atoms with Crippen LogP contribution in [0.1, 0.15) is 18.5 Å². The molecule has 1 atom stereocenters. The van der Waals surface area contributed by atoms with E-state index < -0.39 is 0 Å². The van der Waals surface area contributed by atoms with E-state index in [4.69, 9.17) is 0 Å². The van der Waals surface area contributed by atoms with Gasteiger partial charge in [0.15, 0.2) is 0 Å². The molecule has 0 amide bonds. The molecule has 0 aliphatic heterocycles. The molecule has 1 N–H and O–H groups in total. The standard InChI is InChI=1S/C10H15N3O2/c1-8(11-12(2)3)9-6-4-5-7-10(9)13(14)15/h4-8,11H,1-3H3. The second kappa shape index (κ2) is 4.86. The predicted molar refractivity (Wildman–Crippen MR) is 58.3 cm³/mol. The van der Waals surface area contributed by atoms with Gasteiger partial charge >= 0.3 is 0 Å². The van der Waals surface area contributed by atoms with Crippen LogP contribution in [-0.4, -0.2) is 24.0 Å². The van der Waals surface area contributed by atoms with Crippen LogP contribution in [0.4, 0.5) is 5.69 Å². The zero-order valence-electron chi connectivity index (χ0n) is 9.10. The smallest absolute Gasteiger partial charge is 0.258 e. The lowest BCUT2D eigenvalue weighted by molar-refractivity contribution is -0.385. The van der Waals surface area contributed by atoms with E-state index in [1.165, 1.54) is 6.07 Å². The monoisotopic (exact) mass is 209 g/mol. The van der Waals surface area contributed by atoms with Gasteiger partial charge in [0.1, 0.15) is 0 Å². The van der Waals surface area contributed by atoms with Crippen molar-refractivity contribution in [2.75, 3.05) is 14.1 Å². The quantitative estimate of drug-likeness (QED) is 0.606. The molecule has 0 fully saturated rings. The highest BCUT2D eigenvalue weighted by atomic mass is 16.6. The van der Waals surface area contributed by atoms with E-state index in [-0.39, 0.29) is 16.7 Å². The van der Waals surface area contributed by atoms with Gasteiger partial charge in [-0.2, -0.15) is 0 Å². The van der Waals surface area contributed by atoms with Crippen molar-refractivity contribution in [2.45, 2.75) is 13.0 Å². The van der Waals surface area contributed by atoms with E-state index in [0.717, 1.165) is 0 Å². The zero-order valence-corrected chi connectivity index (χ0v) is 9.10. The molecule has 5 nitrogen and oxygen atoms in total. The summed E-state index contributed by atoms with van der Waals surface area (Å²) in [6, 6.07) is 6.67. The maximum Gasteiger partial charge on any atom is 0.274 e.